The summed E-state index contributed by atoms with van der Waals surface area (Å²) in [5.74, 6) is -6.72. The number of non-ortho nitro benzene ring substituents is 1. The van der Waals surface area contributed by atoms with Gasteiger partial charge < -0.3 is 100 Å². The molecule has 3 fully saturated rings. The van der Waals surface area contributed by atoms with Crippen molar-refractivity contribution in [3.63, 3.8) is 0 Å². The molecule has 18 atom stereocenters. The minimum Gasteiger partial charge on any atom is -0.477 e. The molecule has 4 rings (SSSR count). The normalized spacial score (nSPS) is 28.5. The van der Waals surface area contributed by atoms with Crippen molar-refractivity contribution >= 4 is 23.5 Å². The molecule has 0 aromatic heterocycles. The van der Waals surface area contributed by atoms with E-state index in [1.54, 1.807) is 6.08 Å². The summed E-state index contributed by atoms with van der Waals surface area (Å²) in [4.78, 5) is 50.7. The van der Waals surface area contributed by atoms with Crippen LogP contribution in [0.3, 0.4) is 0 Å². The number of allylic oxidation sites excluding steroid dienone is 1. The van der Waals surface area contributed by atoms with Crippen LogP contribution in [-0.4, -0.2) is 220 Å². The molecule has 3 heterocycles. The predicted molar refractivity (Wildman–Crippen MR) is 328 cm³/mol. The van der Waals surface area contributed by atoms with E-state index in [2.05, 4.69) is 24.5 Å². The van der Waals surface area contributed by atoms with E-state index in [-0.39, 0.29) is 17.9 Å². The number of carbonyl (C=O) groups is 3. The molecule has 14 N–H and O–H groups in total. The molecule has 0 saturated carbocycles. The quantitative estimate of drug-likeness (QED) is 0.0186. The average molecular weight is 1290 g/mol. The van der Waals surface area contributed by atoms with Gasteiger partial charge in [-0.05, 0) is 25.3 Å². The minimum atomic E-state index is -3.22. The molecule has 3 saturated heterocycles. The van der Waals surface area contributed by atoms with Gasteiger partial charge in [-0.25, -0.2) is 4.79 Å². The lowest BCUT2D eigenvalue weighted by Gasteiger charge is -2.50. The van der Waals surface area contributed by atoms with Crippen LogP contribution in [0.4, 0.5) is 5.69 Å². The van der Waals surface area contributed by atoms with Gasteiger partial charge in [-0.2, -0.15) is 0 Å². The molecule has 3 aliphatic rings. The highest BCUT2D eigenvalue weighted by atomic mass is 16.8. The van der Waals surface area contributed by atoms with E-state index >= 15 is 0 Å². The molecule has 0 aliphatic carbocycles. The number of aliphatic hydroxyl groups is 11. The Labute approximate surface area is 529 Å². The van der Waals surface area contributed by atoms with Gasteiger partial charge in [0, 0.05) is 30.5 Å². The molecule has 90 heavy (non-hydrogen) atoms. The number of hydrogen-bond donors (Lipinski definition) is 14. The van der Waals surface area contributed by atoms with Gasteiger partial charge in [0.1, 0.15) is 67.1 Å². The number of aliphatic hydroxyl groups excluding tert-OH is 11. The lowest BCUT2D eigenvalue weighted by molar-refractivity contribution is -0.386. The third kappa shape index (κ3) is 25.8. The van der Waals surface area contributed by atoms with Crippen molar-refractivity contribution in [2.24, 2.45) is 0 Å². The number of unbranched alkanes of at least 4 members (excludes halogenated alkanes) is 25. The second kappa shape index (κ2) is 43.1. The number of nitro groups is 1. The highest BCUT2D eigenvalue weighted by molar-refractivity contribution is 5.95. The molecule has 1 unspecified atom stereocenters. The number of nitrogens with one attached hydrogen (secondary N) is 2. The largest absolute Gasteiger partial charge is 0.477 e. The van der Waals surface area contributed by atoms with E-state index in [0.717, 1.165) is 63.5 Å². The zero-order chi connectivity index (χ0) is 66.0. The standard InChI is InChI=1S/C64H109N3O23/c1-3-5-7-9-11-13-15-17-18-20-22-24-26-28-30-35-50(74)65-44(45(71)34-29-27-25-23-21-19-16-14-12-10-8-6-4-2)41-85-61-55(78)54(77)57(49(40-70)87-61)88-62-56(79)59(53(76)48(39-69)86-62)90-64(63(81)82)37-46(72)51(58(89-64)52(75)47(73)38-68)66-60(80)42-32-31-33-43(36-42)67(83)84/h29,31-34,36,44-49,51-59,61-62,68-73,75-79H,3-28,30,35,37-41H2,1-2H3,(H,65,74)(H,66,80)(H,81,82)/b34-29+/t44-,45+,46-,47+,48+,49+,51+,52-,53-,54+,55+,56+,57+,58?,59-,61+,62-,64-/m0/s1. The van der Waals surface area contributed by atoms with E-state index in [0.29, 0.717) is 12.8 Å². The second-order valence-electron chi connectivity index (χ2n) is 24.5. The van der Waals surface area contributed by atoms with Crippen LogP contribution in [0.2, 0.25) is 0 Å². The molecular formula is C64H109N3O23. The van der Waals surface area contributed by atoms with Gasteiger partial charge in [-0.1, -0.05) is 186 Å². The summed E-state index contributed by atoms with van der Waals surface area (Å²) in [6.07, 6.45) is 3.71. The summed E-state index contributed by atoms with van der Waals surface area (Å²) in [7, 11) is 0. The SMILES string of the molecule is CCCCCCCCCCCCC/C=C/[C@@H](O)[C@H](CO[C@@H]1O[C@H](CO)[C@@H](O[C@@H]2O[C@H](CO)[C@H](O)[C@H](O[C@]3(C(=O)O)C[C@H](O)[C@@H](NC(=O)c4cccc([N+](=O)[O-])c4)C([C@@H](O)[C@H](O)CO)O3)[C@H]2O)[C@H](O)[C@H]1O)NC(=O)CCCCCCCCCCCCCCCCC. The summed E-state index contributed by atoms with van der Waals surface area (Å²) >= 11 is 0. The first-order chi connectivity index (χ1) is 43.3. The monoisotopic (exact) mass is 1290 g/mol. The summed E-state index contributed by atoms with van der Waals surface area (Å²) in [6.45, 7) is 0.823. The molecule has 1 aromatic rings. The number of benzene rings is 1. The van der Waals surface area contributed by atoms with Crippen molar-refractivity contribution in [1.29, 1.82) is 0 Å². The fourth-order valence-corrected chi connectivity index (χ4v) is 11.7. The van der Waals surface area contributed by atoms with E-state index in [9.17, 15) is 85.8 Å². The molecule has 26 nitrogen and oxygen atoms in total. The summed E-state index contributed by atoms with van der Waals surface area (Å²) in [6, 6.07) is 1.42. The van der Waals surface area contributed by atoms with E-state index in [1.165, 1.54) is 121 Å². The first-order valence-electron chi connectivity index (χ1n) is 33.2. The Morgan fingerprint density at radius 1 is 0.700 bits per heavy atom. The third-order valence-electron chi connectivity index (χ3n) is 17.2. The number of carboxylic acid groups (broad SMARTS) is 1. The molecule has 1 aromatic carbocycles. The van der Waals surface area contributed by atoms with Gasteiger partial charge in [0.05, 0.1) is 55.6 Å². The van der Waals surface area contributed by atoms with Crippen LogP contribution in [-0.2, 0) is 38.0 Å². The Morgan fingerprint density at radius 2 is 1.23 bits per heavy atom. The van der Waals surface area contributed by atoms with Gasteiger partial charge in [0.2, 0.25) is 5.91 Å². The lowest BCUT2D eigenvalue weighted by atomic mass is 9.87. The fraction of sp³-hybridized carbons (Fsp3) is 0.828. The first kappa shape index (κ1) is 78.5. The number of hydrogen-bond acceptors (Lipinski definition) is 22. The second-order valence-corrected chi connectivity index (χ2v) is 24.5. The van der Waals surface area contributed by atoms with Crippen LogP contribution in [0.25, 0.3) is 0 Å². The third-order valence-corrected chi connectivity index (χ3v) is 17.2. The number of amides is 2. The van der Waals surface area contributed by atoms with Crippen molar-refractivity contribution in [2.45, 2.75) is 310 Å². The maximum absolute atomic E-state index is 13.4. The molecule has 518 valence electrons. The number of carboxylic acids is 1. The molecule has 3 aliphatic heterocycles. The van der Waals surface area contributed by atoms with Crippen molar-refractivity contribution in [1.82, 2.24) is 10.6 Å². The van der Waals surface area contributed by atoms with Crippen LogP contribution in [0.1, 0.15) is 210 Å². The summed E-state index contributed by atoms with van der Waals surface area (Å²) < 4.78 is 34.9. The van der Waals surface area contributed by atoms with Crippen molar-refractivity contribution in [3.8, 4) is 0 Å². The van der Waals surface area contributed by atoms with Crippen LogP contribution in [0.15, 0.2) is 36.4 Å². The van der Waals surface area contributed by atoms with Gasteiger partial charge in [-0.3, -0.25) is 19.7 Å². The maximum atomic E-state index is 13.4. The van der Waals surface area contributed by atoms with Gasteiger partial charge >= 0.3 is 5.97 Å². The summed E-state index contributed by atoms with van der Waals surface area (Å²) in [5.41, 5.74) is -0.817. The molecule has 26 heteroatoms. The molecular weight excluding hydrogens is 1180 g/mol. The van der Waals surface area contributed by atoms with Crippen molar-refractivity contribution < 1.29 is 109 Å². The first-order valence-corrected chi connectivity index (χ1v) is 33.2. The molecule has 0 spiro atoms. The lowest BCUT2D eigenvalue weighted by Crippen LogP contribution is -2.71. The van der Waals surface area contributed by atoms with Crippen molar-refractivity contribution in [2.75, 3.05) is 26.4 Å². The van der Waals surface area contributed by atoms with Crippen molar-refractivity contribution in [3.05, 3.63) is 52.1 Å². The smallest absolute Gasteiger partial charge is 0.364 e. The zero-order valence-electron chi connectivity index (χ0n) is 52.9. The number of nitrogens with zero attached hydrogens (tertiary/aromatic N) is 1. The highest BCUT2D eigenvalue weighted by Crippen LogP contribution is 2.39. The Morgan fingerprint density at radius 3 is 1.76 bits per heavy atom. The van der Waals surface area contributed by atoms with Crippen LogP contribution >= 0.6 is 0 Å². The number of rotatable bonds is 47. The number of aliphatic carboxylic acids is 1. The average Bonchev–Trinajstić information content (AvgIpc) is 1.02. The van der Waals surface area contributed by atoms with E-state index in [4.69, 9.17) is 28.4 Å². The summed E-state index contributed by atoms with van der Waals surface area (Å²) in [5, 5.41) is 149. The van der Waals surface area contributed by atoms with Gasteiger partial charge in [0.15, 0.2) is 12.6 Å². The number of carbonyl (C=O) groups excluding carboxylic acids is 2. The maximum Gasteiger partial charge on any atom is 0.364 e. The number of nitro benzene ring substituents is 1. The van der Waals surface area contributed by atoms with Crippen LogP contribution in [0, 0.1) is 10.1 Å². The Kier molecular flexibility index (Phi) is 37.6. The molecule has 2 amide bonds. The van der Waals surface area contributed by atoms with Gasteiger partial charge in [0.25, 0.3) is 17.4 Å². The Balaban J connectivity index is 1.42. The van der Waals surface area contributed by atoms with E-state index < -0.39 is 165 Å². The predicted octanol–water partition coefficient (Wildman–Crippen LogP) is 4.37. The van der Waals surface area contributed by atoms with Gasteiger partial charge in [-0.15, -0.1) is 0 Å². The number of ether oxygens (including phenoxy) is 6. The Hall–Kier alpha value is -3.91. The molecule has 0 bridgehead atoms. The Bertz CT molecular complexity index is 2200. The highest BCUT2D eigenvalue weighted by Gasteiger charge is 2.60. The zero-order valence-corrected chi connectivity index (χ0v) is 52.9. The van der Waals surface area contributed by atoms with Crippen LogP contribution in [0.5, 0.6) is 0 Å². The van der Waals surface area contributed by atoms with E-state index in [1.807, 2.05) is 6.08 Å². The molecule has 0 radical (unpaired) electrons. The minimum absolute atomic E-state index is 0.184. The van der Waals surface area contributed by atoms with Crippen LogP contribution < -0.4 is 10.6 Å². The topological polar surface area (TPSA) is 417 Å². The fourth-order valence-electron chi connectivity index (χ4n) is 11.7.